The van der Waals surface area contributed by atoms with Crippen LogP contribution >= 0.6 is 0 Å². The molecule has 42 heavy (non-hydrogen) atoms. The van der Waals surface area contributed by atoms with Gasteiger partial charge in [0.1, 0.15) is 22.4 Å². The number of ether oxygens (including phenoxy) is 4. The van der Waals surface area contributed by atoms with Gasteiger partial charge in [0.15, 0.2) is 5.78 Å². The fraction of sp³-hybridized carbons (Fsp3) is 0.545. The Hall–Kier alpha value is -3.75. The van der Waals surface area contributed by atoms with Gasteiger partial charge in [-0.05, 0) is 89.2 Å². The molecule has 0 bridgehead atoms. The molecule has 1 aliphatic rings. The van der Waals surface area contributed by atoms with Gasteiger partial charge in [0.25, 0.3) is 0 Å². The van der Waals surface area contributed by atoms with Crippen LogP contribution in [0.25, 0.3) is 0 Å². The molecule has 9 nitrogen and oxygen atoms in total. The van der Waals surface area contributed by atoms with Crippen molar-refractivity contribution in [3.63, 3.8) is 0 Å². The van der Waals surface area contributed by atoms with E-state index in [1.54, 1.807) is 113 Å². The number of rotatable bonds is 6. The molecule has 1 aromatic carbocycles. The second-order valence-electron chi connectivity index (χ2n) is 14.3. The molecule has 1 aliphatic carbocycles. The van der Waals surface area contributed by atoms with Crippen molar-refractivity contribution in [3.8, 4) is 0 Å². The highest BCUT2D eigenvalue weighted by molar-refractivity contribution is 6.21. The third-order valence-electron chi connectivity index (χ3n) is 5.69. The van der Waals surface area contributed by atoms with Crippen LogP contribution in [0.3, 0.4) is 0 Å². The van der Waals surface area contributed by atoms with E-state index in [1.165, 1.54) is 6.08 Å². The molecule has 0 saturated heterocycles. The third kappa shape index (κ3) is 7.75. The molecular formula is C33H44O9. The molecule has 0 saturated carbocycles. The molecule has 0 unspecified atom stereocenters. The molecule has 0 atom stereocenters. The number of carbonyl (C=O) groups excluding carboxylic acids is 5. The van der Waals surface area contributed by atoms with Crippen LogP contribution in [-0.4, -0.2) is 52.1 Å². The second-order valence-corrected chi connectivity index (χ2v) is 14.3. The highest BCUT2D eigenvalue weighted by atomic mass is 16.6. The van der Waals surface area contributed by atoms with E-state index in [2.05, 4.69) is 0 Å². The Morgan fingerprint density at radius 1 is 0.524 bits per heavy atom. The summed E-state index contributed by atoms with van der Waals surface area (Å²) >= 11 is 0. The summed E-state index contributed by atoms with van der Waals surface area (Å²) in [7, 11) is 0. The average molecular weight is 585 g/mol. The normalized spacial score (nSPS) is 16.5. The van der Waals surface area contributed by atoms with E-state index in [0.29, 0.717) is 0 Å². The highest BCUT2D eigenvalue weighted by Crippen LogP contribution is 2.52. The third-order valence-corrected chi connectivity index (χ3v) is 5.69. The van der Waals surface area contributed by atoms with Crippen LogP contribution in [-0.2, 0) is 38.1 Å². The standard InChI is InChI=1S/C33H44O9/c1-28(2,3)39-24(35)32(25(36)40-29(4,5)6)19-18-22(23(34)21-16-14-13-15-17-21)20-33(32,26(37)41-30(7,8)9)27(38)42-31(10,11)12/h13-20H,1-12H3. The summed E-state index contributed by atoms with van der Waals surface area (Å²) in [4.78, 5) is 71.0. The number of esters is 4. The minimum absolute atomic E-state index is 0.138. The number of hydrogen-bond donors (Lipinski definition) is 0. The minimum atomic E-state index is -2.85. The summed E-state index contributed by atoms with van der Waals surface area (Å²) in [5.74, 6) is -5.64. The molecule has 0 heterocycles. The van der Waals surface area contributed by atoms with Gasteiger partial charge in [0.05, 0.1) is 0 Å². The molecule has 0 aromatic heterocycles. The molecule has 0 N–H and O–H groups in total. The topological polar surface area (TPSA) is 122 Å². The zero-order valence-electron chi connectivity index (χ0n) is 26.8. The van der Waals surface area contributed by atoms with Crippen LogP contribution in [0.15, 0.2) is 54.1 Å². The largest absolute Gasteiger partial charge is 0.459 e. The number of ketones is 1. The first-order chi connectivity index (χ1) is 18.8. The van der Waals surface area contributed by atoms with E-state index < -0.39 is 62.9 Å². The van der Waals surface area contributed by atoms with E-state index in [1.807, 2.05) is 0 Å². The molecule has 0 amide bonds. The Labute approximate surface area is 248 Å². The predicted octanol–water partition coefficient (Wildman–Crippen LogP) is 5.71. The zero-order chi connectivity index (χ0) is 32.5. The van der Waals surface area contributed by atoms with Gasteiger partial charge < -0.3 is 18.9 Å². The first kappa shape index (κ1) is 34.5. The van der Waals surface area contributed by atoms with Crippen molar-refractivity contribution in [2.45, 2.75) is 105 Å². The Kier molecular flexibility index (Phi) is 9.43. The average Bonchev–Trinajstić information content (AvgIpc) is 2.79. The van der Waals surface area contributed by atoms with E-state index in [4.69, 9.17) is 18.9 Å². The molecule has 9 heteroatoms. The summed E-state index contributed by atoms with van der Waals surface area (Å²) < 4.78 is 22.8. The Balaban J connectivity index is 3.12. The molecular weight excluding hydrogens is 540 g/mol. The van der Waals surface area contributed by atoms with Crippen molar-refractivity contribution in [1.29, 1.82) is 0 Å². The molecule has 2 rings (SSSR count). The number of Topliss-reactive ketones (excluding diaryl/α,β-unsaturated/α-hetero) is 1. The van der Waals surface area contributed by atoms with Crippen LogP contribution in [0.5, 0.6) is 0 Å². The van der Waals surface area contributed by atoms with Crippen LogP contribution in [0.4, 0.5) is 0 Å². The Bertz CT molecular complexity index is 1230. The molecule has 230 valence electrons. The maximum atomic E-state index is 14.4. The van der Waals surface area contributed by atoms with E-state index >= 15 is 0 Å². The lowest BCUT2D eigenvalue weighted by Crippen LogP contribution is -2.64. The van der Waals surface area contributed by atoms with Crippen LogP contribution < -0.4 is 0 Å². The van der Waals surface area contributed by atoms with Crippen molar-refractivity contribution in [3.05, 3.63) is 59.7 Å². The van der Waals surface area contributed by atoms with Gasteiger partial charge in [-0.15, -0.1) is 0 Å². The highest BCUT2D eigenvalue weighted by Gasteiger charge is 2.73. The fourth-order valence-corrected chi connectivity index (χ4v) is 4.14. The van der Waals surface area contributed by atoms with Crippen molar-refractivity contribution >= 4 is 29.7 Å². The zero-order valence-corrected chi connectivity index (χ0v) is 26.8. The summed E-state index contributed by atoms with van der Waals surface area (Å²) in [6.45, 7) is 18.8. The summed E-state index contributed by atoms with van der Waals surface area (Å²) in [5, 5.41) is 0. The quantitative estimate of drug-likeness (QED) is 0.179. The number of hydrogen-bond acceptors (Lipinski definition) is 9. The van der Waals surface area contributed by atoms with Crippen molar-refractivity contribution in [2.24, 2.45) is 10.8 Å². The Morgan fingerprint density at radius 3 is 1.19 bits per heavy atom. The molecule has 1 aromatic rings. The maximum absolute atomic E-state index is 14.4. The molecule has 0 radical (unpaired) electrons. The number of allylic oxidation sites excluding steroid dienone is 2. The first-order valence-electron chi connectivity index (χ1n) is 13.8. The minimum Gasteiger partial charge on any atom is -0.459 e. The van der Waals surface area contributed by atoms with Crippen LogP contribution in [0.2, 0.25) is 0 Å². The van der Waals surface area contributed by atoms with Crippen molar-refractivity contribution in [1.82, 2.24) is 0 Å². The summed E-state index contributed by atoms with van der Waals surface area (Å²) in [5.41, 5.74) is -10.2. The van der Waals surface area contributed by atoms with Gasteiger partial charge in [-0.2, -0.15) is 0 Å². The van der Waals surface area contributed by atoms with Gasteiger partial charge in [-0.3, -0.25) is 24.0 Å². The van der Waals surface area contributed by atoms with Gasteiger partial charge in [-0.1, -0.05) is 42.5 Å². The first-order valence-corrected chi connectivity index (χ1v) is 13.8. The van der Waals surface area contributed by atoms with Crippen molar-refractivity contribution < 1.29 is 42.9 Å². The lowest BCUT2D eigenvalue weighted by molar-refractivity contribution is -0.208. The lowest BCUT2D eigenvalue weighted by Gasteiger charge is -2.45. The molecule has 0 fully saturated rings. The van der Waals surface area contributed by atoms with Gasteiger partial charge >= 0.3 is 23.9 Å². The SMILES string of the molecule is CC(C)(C)OC(=O)C1(C(=O)OC(C)(C)C)C=CC(C(=O)c2ccccc2)=CC1(C(=O)OC(C)(C)C)C(=O)OC(C)(C)C. The maximum Gasteiger partial charge on any atom is 0.330 e. The van der Waals surface area contributed by atoms with Gasteiger partial charge in [0, 0.05) is 11.1 Å². The van der Waals surface area contributed by atoms with Crippen molar-refractivity contribution in [2.75, 3.05) is 0 Å². The van der Waals surface area contributed by atoms with E-state index in [0.717, 1.165) is 12.2 Å². The van der Waals surface area contributed by atoms with Crippen LogP contribution in [0, 0.1) is 10.8 Å². The van der Waals surface area contributed by atoms with E-state index in [-0.39, 0.29) is 11.1 Å². The van der Waals surface area contributed by atoms with Gasteiger partial charge in [-0.25, -0.2) is 0 Å². The number of benzene rings is 1. The Morgan fingerprint density at radius 2 is 0.857 bits per heavy atom. The van der Waals surface area contributed by atoms with Crippen LogP contribution in [0.1, 0.15) is 93.4 Å². The number of carbonyl (C=O) groups is 5. The monoisotopic (exact) mass is 584 g/mol. The smallest absolute Gasteiger partial charge is 0.330 e. The second kappa shape index (κ2) is 11.5. The molecule has 0 spiro atoms. The van der Waals surface area contributed by atoms with Gasteiger partial charge in [0.2, 0.25) is 10.8 Å². The fourth-order valence-electron chi connectivity index (χ4n) is 4.14. The summed E-state index contributed by atoms with van der Waals surface area (Å²) in [6.07, 6.45) is 3.23. The lowest BCUT2D eigenvalue weighted by atomic mass is 9.59. The summed E-state index contributed by atoms with van der Waals surface area (Å²) in [6, 6.07) is 8.15. The predicted molar refractivity (Wildman–Crippen MR) is 156 cm³/mol. The van der Waals surface area contributed by atoms with E-state index in [9.17, 15) is 24.0 Å². The molecule has 0 aliphatic heterocycles.